The zero-order valence-electron chi connectivity index (χ0n) is 10.9. The van der Waals surface area contributed by atoms with E-state index in [1.54, 1.807) is 17.1 Å². The molecule has 0 saturated heterocycles. The summed E-state index contributed by atoms with van der Waals surface area (Å²) in [5.74, 6) is -0.722. The summed E-state index contributed by atoms with van der Waals surface area (Å²) in [6, 6.07) is 3.87. The lowest BCUT2D eigenvalue weighted by Crippen LogP contribution is -2.07. The highest BCUT2D eigenvalue weighted by Gasteiger charge is 2.14. The van der Waals surface area contributed by atoms with Gasteiger partial charge in [-0.3, -0.25) is 0 Å². The Hall–Kier alpha value is -2.74. The first-order valence-electron chi connectivity index (χ1n) is 6.22. The molecular weight excluding hydrogens is 277 g/mol. The molecule has 0 spiro atoms. The number of aromatic nitrogens is 4. The molecule has 108 valence electrons. The molecule has 0 saturated carbocycles. The molecule has 0 unspecified atom stereocenters. The monoisotopic (exact) mass is 289 g/mol. The van der Waals surface area contributed by atoms with Crippen LogP contribution in [0.2, 0.25) is 0 Å². The number of phenols is 1. The van der Waals surface area contributed by atoms with Crippen molar-refractivity contribution in [3.63, 3.8) is 0 Å². The maximum Gasteiger partial charge on any atom is 0.278 e. The van der Waals surface area contributed by atoms with Crippen molar-refractivity contribution in [2.75, 3.05) is 6.54 Å². The van der Waals surface area contributed by atoms with E-state index >= 15 is 0 Å². The number of hydrogen-bond acceptors (Lipinski definition) is 6. The Bertz CT molecular complexity index is 768. The van der Waals surface area contributed by atoms with Crippen LogP contribution in [0.15, 0.2) is 35.2 Å². The summed E-state index contributed by atoms with van der Waals surface area (Å²) in [6.45, 7) is 1.13. The number of aromatic hydroxyl groups is 1. The van der Waals surface area contributed by atoms with E-state index in [9.17, 15) is 4.39 Å². The minimum Gasteiger partial charge on any atom is -0.505 e. The van der Waals surface area contributed by atoms with Gasteiger partial charge in [0.25, 0.3) is 5.89 Å². The van der Waals surface area contributed by atoms with E-state index in [-0.39, 0.29) is 11.7 Å². The predicted octanol–water partition coefficient (Wildman–Crippen LogP) is 1.40. The highest BCUT2D eigenvalue weighted by Crippen LogP contribution is 2.24. The Morgan fingerprint density at radius 1 is 1.38 bits per heavy atom. The topological polar surface area (TPSA) is 103 Å². The molecule has 2 heterocycles. The summed E-state index contributed by atoms with van der Waals surface area (Å²) in [5, 5.41) is 12.9. The van der Waals surface area contributed by atoms with E-state index < -0.39 is 11.6 Å². The normalized spacial score (nSPS) is 11.0. The third kappa shape index (κ3) is 2.61. The molecule has 0 bridgehead atoms. The second-order valence-corrected chi connectivity index (χ2v) is 4.37. The zero-order chi connectivity index (χ0) is 14.8. The van der Waals surface area contributed by atoms with Gasteiger partial charge in [-0.05, 0) is 18.2 Å². The van der Waals surface area contributed by atoms with Gasteiger partial charge < -0.3 is 19.9 Å². The number of imidazole rings is 1. The fraction of sp³-hybridized carbons (Fsp3) is 0.154. The van der Waals surface area contributed by atoms with Crippen molar-refractivity contribution < 1.29 is 14.0 Å². The zero-order valence-corrected chi connectivity index (χ0v) is 10.9. The van der Waals surface area contributed by atoms with Crippen LogP contribution in [0, 0.1) is 5.82 Å². The third-order valence-corrected chi connectivity index (χ3v) is 2.87. The molecule has 3 aromatic rings. The number of halogens is 1. The number of benzene rings is 1. The van der Waals surface area contributed by atoms with Crippen LogP contribution in [0.5, 0.6) is 5.75 Å². The van der Waals surface area contributed by atoms with Crippen molar-refractivity contribution in [3.05, 3.63) is 36.5 Å². The highest BCUT2D eigenvalue weighted by molar-refractivity contribution is 5.58. The summed E-state index contributed by atoms with van der Waals surface area (Å²) in [7, 11) is 0. The van der Waals surface area contributed by atoms with E-state index in [2.05, 4.69) is 15.1 Å². The molecule has 0 aliphatic carbocycles. The van der Waals surface area contributed by atoms with Gasteiger partial charge in [0.2, 0.25) is 5.82 Å². The van der Waals surface area contributed by atoms with E-state index in [1.165, 1.54) is 12.1 Å². The smallest absolute Gasteiger partial charge is 0.278 e. The van der Waals surface area contributed by atoms with Crippen molar-refractivity contribution >= 4 is 0 Å². The standard InChI is InChI=1S/C13H12FN5O2/c14-9-5-8(1-2-11(9)20)12-17-13(21-18-12)10-6-19(4-3-15)7-16-10/h1-2,5-7,20H,3-4,15H2. The number of hydrogen-bond donors (Lipinski definition) is 2. The molecule has 2 aromatic heterocycles. The Labute approximate surface area is 118 Å². The molecule has 3 N–H and O–H groups in total. The molecule has 0 radical (unpaired) electrons. The molecule has 8 heteroatoms. The van der Waals surface area contributed by atoms with Gasteiger partial charge in [-0.15, -0.1) is 0 Å². The molecule has 0 aliphatic heterocycles. The molecule has 0 atom stereocenters. The van der Waals surface area contributed by atoms with Crippen LogP contribution in [-0.4, -0.2) is 31.3 Å². The van der Waals surface area contributed by atoms with Crippen molar-refractivity contribution in [2.24, 2.45) is 5.73 Å². The van der Waals surface area contributed by atoms with Crippen molar-refractivity contribution in [2.45, 2.75) is 6.54 Å². The lowest BCUT2D eigenvalue weighted by Gasteiger charge is -1.96. The predicted molar refractivity (Wildman–Crippen MR) is 71.6 cm³/mol. The van der Waals surface area contributed by atoms with Crippen molar-refractivity contribution in [3.8, 4) is 28.7 Å². The fourth-order valence-corrected chi connectivity index (χ4v) is 1.83. The minimum atomic E-state index is -0.744. The first-order chi connectivity index (χ1) is 10.2. The summed E-state index contributed by atoms with van der Waals surface area (Å²) in [6.07, 6.45) is 3.36. The number of phenolic OH excluding ortho intramolecular Hbond substituents is 1. The third-order valence-electron chi connectivity index (χ3n) is 2.87. The van der Waals surface area contributed by atoms with Gasteiger partial charge in [-0.1, -0.05) is 5.16 Å². The average Bonchev–Trinajstić information content (AvgIpc) is 3.11. The van der Waals surface area contributed by atoms with Crippen molar-refractivity contribution in [1.29, 1.82) is 0 Å². The van der Waals surface area contributed by atoms with Gasteiger partial charge in [-0.25, -0.2) is 9.37 Å². The number of rotatable bonds is 4. The molecule has 3 rings (SSSR count). The Kier molecular flexibility index (Phi) is 3.36. The molecular formula is C13H12FN5O2. The van der Waals surface area contributed by atoms with E-state index in [4.69, 9.17) is 15.4 Å². The second kappa shape index (κ2) is 5.33. The van der Waals surface area contributed by atoms with Gasteiger partial charge in [0, 0.05) is 24.8 Å². The Balaban J connectivity index is 1.89. The first-order valence-corrected chi connectivity index (χ1v) is 6.22. The molecule has 0 amide bonds. The molecule has 0 fully saturated rings. The van der Waals surface area contributed by atoms with E-state index in [0.29, 0.717) is 24.3 Å². The maximum absolute atomic E-state index is 13.3. The Morgan fingerprint density at radius 3 is 3.00 bits per heavy atom. The van der Waals surface area contributed by atoms with Gasteiger partial charge >= 0.3 is 0 Å². The fourth-order valence-electron chi connectivity index (χ4n) is 1.83. The van der Waals surface area contributed by atoms with Gasteiger partial charge in [-0.2, -0.15) is 4.98 Å². The van der Waals surface area contributed by atoms with Crippen LogP contribution in [0.25, 0.3) is 23.0 Å². The van der Waals surface area contributed by atoms with Crippen LogP contribution in [0.3, 0.4) is 0 Å². The SMILES string of the molecule is NCCn1cnc(-c2nc(-c3ccc(O)c(F)c3)no2)c1. The summed E-state index contributed by atoms with van der Waals surface area (Å²) >= 11 is 0. The second-order valence-electron chi connectivity index (χ2n) is 4.37. The largest absolute Gasteiger partial charge is 0.505 e. The lowest BCUT2D eigenvalue weighted by molar-refractivity contribution is 0.429. The van der Waals surface area contributed by atoms with E-state index in [1.807, 2.05) is 0 Å². The average molecular weight is 289 g/mol. The molecule has 7 nitrogen and oxygen atoms in total. The summed E-state index contributed by atoms with van der Waals surface area (Å²) in [4.78, 5) is 8.30. The van der Waals surface area contributed by atoms with Gasteiger partial charge in [0.05, 0.1) is 6.33 Å². The number of nitrogens with zero attached hydrogens (tertiary/aromatic N) is 4. The quantitative estimate of drug-likeness (QED) is 0.752. The molecule has 1 aromatic carbocycles. The minimum absolute atomic E-state index is 0.220. The van der Waals surface area contributed by atoms with Crippen LogP contribution in [-0.2, 0) is 6.54 Å². The Morgan fingerprint density at radius 2 is 2.24 bits per heavy atom. The first kappa shape index (κ1) is 13.3. The highest BCUT2D eigenvalue weighted by atomic mass is 19.1. The number of nitrogens with two attached hydrogens (primary N) is 1. The van der Waals surface area contributed by atoms with E-state index in [0.717, 1.165) is 6.07 Å². The molecule has 0 aliphatic rings. The van der Waals surface area contributed by atoms with Crippen LogP contribution in [0.4, 0.5) is 4.39 Å². The summed E-state index contributed by atoms with van der Waals surface area (Å²) < 4.78 is 20.2. The van der Waals surface area contributed by atoms with Crippen LogP contribution in [0.1, 0.15) is 0 Å². The van der Waals surface area contributed by atoms with Crippen LogP contribution >= 0.6 is 0 Å². The van der Waals surface area contributed by atoms with Gasteiger partial charge in [0.1, 0.15) is 5.69 Å². The maximum atomic E-state index is 13.3. The summed E-state index contributed by atoms with van der Waals surface area (Å²) in [5.41, 5.74) is 6.38. The van der Waals surface area contributed by atoms with Crippen molar-refractivity contribution in [1.82, 2.24) is 19.7 Å². The lowest BCUT2D eigenvalue weighted by atomic mass is 10.2. The molecule has 21 heavy (non-hydrogen) atoms. The van der Waals surface area contributed by atoms with Gasteiger partial charge in [0.15, 0.2) is 11.6 Å². The van der Waals surface area contributed by atoms with Crippen LogP contribution < -0.4 is 5.73 Å².